The van der Waals surface area contributed by atoms with E-state index in [1.807, 2.05) is 32.0 Å². The van der Waals surface area contributed by atoms with E-state index in [0.29, 0.717) is 0 Å². The molecule has 0 N–H and O–H groups in total. The lowest BCUT2D eigenvalue weighted by molar-refractivity contribution is 0.305. The Morgan fingerprint density at radius 2 is 1.75 bits per heavy atom. The summed E-state index contributed by atoms with van der Waals surface area (Å²) in [6, 6.07) is 11.0. The van der Waals surface area contributed by atoms with Gasteiger partial charge < -0.3 is 17.7 Å². The van der Waals surface area contributed by atoms with Crippen molar-refractivity contribution in [3.05, 3.63) is 59.2 Å². The van der Waals surface area contributed by atoms with Crippen LogP contribution in [0.3, 0.4) is 0 Å². The maximum Gasteiger partial charge on any atom is 0.509 e. The van der Waals surface area contributed by atoms with Crippen LogP contribution >= 0.6 is 0 Å². The Bertz CT molecular complexity index is 608. The van der Waals surface area contributed by atoms with Crippen molar-refractivity contribution >= 4 is 12.4 Å². The second-order valence-corrected chi connectivity index (χ2v) is 4.87. The van der Waals surface area contributed by atoms with E-state index >= 15 is 0 Å². The van der Waals surface area contributed by atoms with Crippen LogP contribution in [0.2, 0.25) is 0 Å². The molecule has 0 bridgehead atoms. The number of aryl methyl sites for hydroxylation is 2. The monoisotopic (exact) mass is 279 g/mol. The first kappa shape index (κ1) is 14.5. The SMILES string of the molecule is Cc1ccc(C)c(COc2cccc([B-](F)(F)F)c2)c1. The number of halogens is 3. The lowest BCUT2D eigenvalue weighted by Gasteiger charge is -2.16. The van der Waals surface area contributed by atoms with Crippen molar-refractivity contribution in [1.29, 1.82) is 0 Å². The lowest BCUT2D eigenvalue weighted by atomic mass is 9.80. The van der Waals surface area contributed by atoms with Gasteiger partial charge in [0, 0.05) is 0 Å². The van der Waals surface area contributed by atoms with Crippen molar-refractivity contribution < 1.29 is 17.7 Å². The van der Waals surface area contributed by atoms with Crippen LogP contribution in [-0.4, -0.2) is 6.98 Å². The van der Waals surface area contributed by atoms with Crippen molar-refractivity contribution in [2.45, 2.75) is 20.5 Å². The number of rotatable bonds is 4. The van der Waals surface area contributed by atoms with E-state index < -0.39 is 12.4 Å². The summed E-state index contributed by atoms with van der Waals surface area (Å²) in [6.45, 7) is -0.804. The van der Waals surface area contributed by atoms with Gasteiger partial charge in [-0.3, -0.25) is 0 Å². The van der Waals surface area contributed by atoms with E-state index in [9.17, 15) is 12.9 Å². The highest BCUT2D eigenvalue weighted by molar-refractivity contribution is 6.73. The molecule has 0 amide bonds. The molecule has 0 aliphatic heterocycles. The highest BCUT2D eigenvalue weighted by Crippen LogP contribution is 2.17. The predicted molar refractivity (Wildman–Crippen MR) is 75.4 cm³/mol. The van der Waals surface area contributed by atoms with Crippen LogP contribution < -0.4 is 10.2 Å². The molecule has 0 saturated carbocycles. The van der Waals surface area contributed by atoms with E-state index in [0.717, 1.165) is 28.8 Å². The summed E-state index contributed by atoms with van der Waals surface area (Å²) in [5.41, 5.74) is 2.50. The van der Waals surface area contributed by atoms with Gasteiger partial charge in [-0.15, -0.1) is 5.46 Å². The number of ether oxygens (including phenoxy) is 1. The molecule has 0 aliphatic carbocycles. The molecule has 0 aliphatic rings. The third kappa shape index (κ3) is 3.56. The number of benzene rings is 2. The van der Waals surface area contributed by atoms with E-state index in [-0.39, 0.29) is 12.4 Å². The highest BCUT2D eigenvalue weighted by atomic mass is 19.4. The zero-order chi connectivity index (χ0) is 14.8. The largest absolute Gasteiger partial charge is 0.509 e. The predicted octanol–water partition coefficient (Wildman–Crippen LogP) is 3.94. The fourth-order valence-corrected chi connectivity index (χ4v) is 1.92. The molecule has 0 heterocycles. The molecule has 106 valence electrons. The maximum absolute atomic E-state index is 12.7. The summed E-state index contributed by atoms with van der Waals surface area (Å²) in [5, 5.41) is 0. The average Bonchev–Trinajstić information content (AvgIpc) is 2.39. The fourth-order valence-electron chi connectivity index (χ4n) is 1.92. The fraction of sp³-hybridized carbons (Fsp3) is 0.200. The highest BCUT2D eigenvalue weighted by Gasteiger charge is 2.25. The summed E-state index contributed by atoms with van der Waals surface area (Å²) in [7, 11) is 0. The van der Waals surface area contributed by atoms with Crippen molar-refractivity contribution in [2.75, 3.05) is 0 Å². The molecule has 1 nitrogen and oxygen atoms in total. The van der Waals surface area contributed by atoms with Crippen LogP contribution in [0.25, 0.3) is 0 Å². The van der Waals surface area contributed by atoms with Crippen LogP contribution in [0.1, 0.15) is 16.7 Å². The minimum atomic E-state index is -4.99. The van der Waals surface area contributed by atoms with E-state index in [1.54, 1.807) is 0 Å². The molecule has 0 fully saturated rings. The van der Waals surface area contributed by atoms with Gasteiger partial charge in [0.15, 0.2) is 0 Å². The molecule has 2 rings (SSSR count). The number of hydrogen-bond donors (Lipinski definition) is 0. The van der Waals surface area contributed by atoms with Gasteiger partial charge in [0.25, 0.3) is 0 Å². The van der Waals surface area contributed by atoms with E-state index in [4.69, 9.17) is 4.74 Å². The quantitative estimate of drug-likeness (QED) is 0.770. The first-order chi connectivity index (χ1) is 9.36. The summed E-state index contributed by atoms with van der Waals surface area (Å²) in [5.74, 6) is 0.239. The molecule has 2 aromatic carbocycles. The summed E-state index contributed by atoms with van der Waals surface area (Å²) in [6.07, 6.45) is 0. The summed E-state index contributed by atoms with van der Waals surface area (Å²) < 4.78 is 43.4. The minimum Gasteiger partial charge on any atom is -0.489 e. The van der Waals surface area contributed by atoms with Gasteiger partial charge in [-0.1, -0.05) is 35.9 Å². The van der Waals surface area contributed by atoms with Crippen molar-refractivity contribution in [2.24, 2.45) is 0 Å². The normalized spacial score (nSPS) is 11.4. The smallest absolute Gasteiger partial charge is 0.489 e. The van der Waals surface area contributed by atoms with Gasteiger partial charge in [-0.25, -0.2) is 0 Å². The van der Waals surface area contributed by atoms with Gasteiger partial charge >= 0.3 is 6.98 Å². The van der Waals surface area contributed by atoms with E-state index in [2.05, 4.69) is 0 Å². The van der Waals surface area contributed by atoms with Crippen molar-refractivity contribution in [3.63, 3.8) is 0 Å². The van der Waals surface area contributed by atoms with Crippen molar-refractivity contribution in [1.82, 2.24) is 0 Å². The van der Waals surface area contributed by atoms with Gasteiger partial charge in [0.2, 0.25) is 0 Å². The molecule has 0 saturated heterocycles. The second-order valence-electron chi connectivity index (χ2n) is 4.87. The van der Waals surface area contributed by atoms with Gasteiger partial charge in [-0.05, 0) is 37.1 Å². The lowest BCUT2D eigenvalue weighted by Crippen LogP contribution is -2.33. The molecule has 0 radical (unpaired) electrons. The molecule has 20 heavy (non-hydrogen) atoms. The molecule has 0 spiro atoms. The Morgan fingerprint density at radius 1 is 1.00 bits per heavy atom. The Kier molecular flexibility index (Phi) is 4.07. The van der Waals surface area contributed by atoms with Crippen LogP contribution in [0, 0.1) is 13.8 Å². The summed E-state index contributed by atoms with van der Waals surface area (Å²) >= 11 is 0. The maximum atomic E-state index is 12.7. The van der Waals surface area contributed by atoms with Crippen LogP contribution in [0.4, 0.5) is 12.9 Å². The van der Waals surface area contributed by atoms with E-state index in [1.165, 1.54) is 12.1 Å². The third-order valence-corrected chi connectivity index (χ3v) is 3.14. The standard InChI is InChI=1S/C15H15BF3O/c1-11-6-7-12(2)13(8-11)10-20-15-5-3-4-14(9-15)16(17,18)19/h3-9H,10H2,1-2H3/q-1. The minimum absolute atomic E-state index is 0.239. The van der Waals surface area contributed by atoms with Crippen LogP contribution in [-0.2, 0) is 6.61 Å². The van der Waals surface area contributed by atoms with Crippen LogP contribution in [0.15, 0.2) is 42.5 Å². The molecule has 0 aromatic heterocycles. The molecular formula is C15H15BF3O-. The zero-order valence-electron chi connectivity index (χ0n) is 11.4. The second kappa shape index (κ2) is 5.61. The Hall–Kier alpha value is -1.91. The van der Waals surface area contributed by atoms with Crippen LogP contribution in [0.5, 0.6) is 5.75 Å². The Labute approximate surface area is 116 Å². The molecule has 5 heteroatoms. The van der Waals surface area contributed by atoms with Gasteiger partial charge in [0.1, 0.15) is 12.4 Å². The first-order valence-electron chi connectivity index (χ1n) is 6.35. The average molecular weight is 279 g/mol. The molecule has 0 atom stereocenters. The van der Waals surface area contributed by atoms with Gasteiger partial charge in [0.05, 0.1) is 0 Å². The van der Waals surface area contributed by atoms with Crippen molar-refractivity contribution in [3.8, 4) is 5.75 Å². The van der Waals surface area contributed by atoms with Gasteiger partial charge in [-0.2, -0.15) is 0 Å². The Balaban J connectivity index is 2.13. The third-order valence-electron chi connectivity index (χ3n) is 3.14. The zero-order valence-corrected chi connectivity index (χ0v) is 11.4. The Morgan fingerprint density at radius 3 is 2.45 bits per heavy atom. The topological polar surface area (TPSA) is 9.23 Å². The number of hydrogen-bond acceptors (Lipinski definition) is 1. The molecular weight excluding hydrogens is 264 g/mol. The molecule has 2 aromatic rings. The molecule has 0 unspecified atom stereocenters. The summed E-state index contributed by atoms with van der Waals surface area (Å²) in [4.78, 5) is 0. The first-order valence-corrected chi connectivity index (χ1v) is 6.35.